The summed E-state index contributed by atoms with van der Waals surface area (Å²) in [6, 6.07) is 0. The molecule has 10 heavy (non-hydrogen) atoms. The van der Waals surface area contributed by atoms with Crippen molar-refractivity contribution in [2.24, 2.45) is 17.8 Å². The van der Waals surface area contributed by atoms with Gasteiger partial charge in [0.2, 0.25) is 0 Å². The first-order valence-corrected chi connectivity index (χ1v) is 3.79. The molecule has 0 aliphatic carbocycles. The Kier molecular flexibility index (Phi) is 1.97. The van der Waals surface area contributed by atoms with Gasteiger partial charge in [-0.3, -0.25) is 4.79 Å². The minimum absolute atomic E-state index is 0.0365. The summed E-state index contributed by atoms with van der Waals surface area (Å²) in [5.74, 6) is 1.04. The van der Waals surface area contributed by atoms with E-state index in [1.165, 1.54) is 0 Å². The third kappa shape index (κ3) is 1.15. The fourth-order valence-electron chi connectivity index (χ4n) is 1.20. The zero-order chi connectivity index (χ0) is 7.72. The maximum atomic E-state index is 10.9. The van der Waals surface area contributed by atoms with Crippen molar-refractivity contribution < 1.29 is 9.53 Å². The van der Waals surface area contributed by atoms with Crippen LogP contribution in [0.3, 0.4) is 0 Å². The van der Waals surface area contributed by atoms with Gasteiger partial charge in [0.15, 0.2) is 0 Å². The zero-order valence-electron chi connectivity index (χ0n) is 6.76. The molecule has 1 aliphatic rings. The lowest BCUT2D eigenvalue weighted by Gasteiger charge is -2.30. The molecule has 0 radical (unpaired) electrons. The quantitative estimate of drug-likeness (QED) is 0.478. The molecule has 1 fully saturated rings. The zero-order valence-corrected chi connectivity index (χ0v) is 6.76. The Balaban J connectivity index is 2.60. The van der Waals surface area contributed by atoms with Crippen molar-refractivity contribution in [1.82, 2.24) is 0 Å². The summed E-state index contributed by atoms with van der Waals surface area (Å²) >= 11 is 0. The molecule has 0 amide bonds. The molecule has 0 spiro atoms. The lowest BCUT2D eigenvalue weighted by Crippen LogP contribution is -2.34. The molecule has 1 aliphatic heterocycles. The third-order valence-corrected chi connectivity index (χ3v) is 2.55. The van der Waals surface area contributed by atoms with Crippen LogP contribution in [0.5, 0.6) is 0 Å². The summed E-state index contributed by atoms with van der Waals surface area (Å²) < 4.78 is 4.93. The van der Waals surface area contributed by atoms with Gasteiger partial charge in [-0.05, 0) is 11.8 Å². The van der Waals surface area contributed by atoms with Crippen molar-refractivity contribution in [2.75, 3.05) is 6.61 Å². The molecule has 0 aromatic carbocycles. The fourth-order valence-corrected chi connectivity index (χ4v) is 1.20. The van der Waals surface area contributed by atoms with E-state index in [1.807, 2.05) is 6.92 Å². The smallest absolute Gasteiger partial charge is 0.308 e. The Morgan fingerprint density at radius 1 is 1.40 bits per heavy atom. The third-order valence-electron chi connectivity index (χ3n) is 2.55. The van der Waals surface area contributed by atoms with Gasteiger partial charge in [0.1, 0.15) is 0 Å². The van der Waals surface area contributed by atoms with Crippen molar-refractivity contribution in [3.8, 4) is 0 Å². The second kappa shape index (κ2) is 2.60. The van der Waals surface area contributed by atoms with Gasteiger partial charge in [0.25, 0.3) is 0 Å². The number of ether oxygens (including phenoxy) is 1. The van der Waals surface area contributed by atoms with E-state index in [-0.39, 0.29) is 11.9 Å². The largest absolute Gasteiger partial charge is 0.465 e. The molecular formula is C8H14O2. The molecule has 1 rings (SSSR count). The normalized spacial score (nSPS) is 41.1. The Morgan fingerprint density at radius 3 is 2.50 bits per heavy atom. The van der Waals surface area contributed by atoms with Crippen LogP contribution in [0.2, 0.25) is 0 Å². The van der Waals surface area contributed by atoms with Gasteiger partial charge in [0, 0.05) is 0 Å². The van der Waals surface area contributed by atoms with Gasteiger partial charge < -0.3 is 4.74 Å². The van der Waals surface area contributed by atoms with Crippen molar-refractivity contribution in [3.63, 3.8) is 0 Å². The Morgan fingerprint density at radius 2 is 2.00 bits per heavy atom. The maximum absolute atomic E-state index is 10.9. The van der Waals surface area contributed by atoms with Gasteiger partial charge in [0.05, 0.1) is 12.5 Å². The van der Waals surface area contributed by atoms with Crippen LogP contribution in [-0.2, 0) is 9.53 Å². The predicted octanol–water partition coefficient (Wildman–Crippen LogP) is 1.45. The average Bonchev–Trinajstić information content (AvgIpc) is 1.93. The van der Waals surface area contributed by atoms with Crippen LogP contribution in [-0.4, -0.2) is 12.6 Å². The van der Waals surface area contributed by atoms with Crippen LogP contribution in [0.4, 0.5) is 0 Å². The average molecular weight is 142 g/mol. The minimum atomic E-state index is -0.0365. The minimum Gasteiger partial charge on any atom is -0.465 e. The Labute approximate surface area is 61.6 Å². The highest BCUT2D eigenvalue weighted by molar-refractivity contribution is 5.73. The molecule has 1 saturated heterocycles. The molecule has 3 atom stereocenters. The van der Waals surface area contributed by atoms with E-state index >= 15 is 0 Å². The molecule has 0 N–H and O–H groups in total. The molecule has 2 heteroatoms. The van der Waals surface area contributed by atoms with E-state index in [2.05, 4.69) is 13.8 Å². The van der Waals surface area contributed by atoms with E-state index in [9.17, 15) is 4.79 Å². The summed E-state index contributed by atoms with van der Waals surface area (Å²) in [7, 11) is 0. The second-order valence-corrected chi connectivity index (χ2v) is 3.26. The van der Waals surface area contributed by atoms with Gasteiger partial charge in [-0.1, -0.05) is 20.8 Å². The Hall–Kier alpha value is -0.530. The molecule has 1 heterocycles. The molecule has 0 bridgehead atoms. The summed E-state index contributed by atoms with van der Waals surface area (Å²) in [4.78, 5) is 10.9. The number of cyclic esters (lactones) is 1. The Bertz CT molecular complexity index is 142. The van der Waals surface area contributed by atoms with Gasteiger partial charge in [-0.25, -0.2) is 0 Å². The molecule has 58 valence electrons. The highest BCUT2D eigenvalue weighted by atomic mass is 16.5. The van der Waals surface area contributed by atoms with E-state index in [0.717, 1.165) is 0 Å². The molecule has 0 aromatic rings. The first kappa shape index (κ1) is 7.58. The van der Waals surface area contributed by atoms with Gasteiger partial charge in [-0.2, -0.15) is 0 Å². The first-order valence-electron chi connectivity index (χ1n) is 3.79. The van der Waals surface area contributed by atoms with Crippen LogP contribution >= 0.6 is 0 Å². The van der Waals surface area contributed by atoms with Crippen molar-refractivity contribution in [3.05, 3.63) is 0 Å². The van der Waals surface area contributed by atoms with Crippen LogP contribution in [0.15, 0.2) is 0 Å². The second-order valence-electron chi connectivity index (χ2n) is 3.26. The predicted molar refractivity (Wildman–Crippen MR) is 38.5 cm³/mol. The van der Waals surface area contributed by atoms with Crippen LogP contribution in [0.25, 0.3) is 0 Å². The van der Waals surface area contributed by atoms with Crippen molar-refractivity contribution >= 4 is 5.97 Å². The highest BCUT2D eigenvalue weighted by Gasteiger charge is 2.31. The van der Waals surface area contributed by atoms with E-state index < -0.39 is 0 Å². The molecule has 0 saturated carbocycles. The fraction of sp³-hybridized carbons (Fsp3) is 0.875. The molecule has 0 unspecified atom stereocenters. The van der Waals surface area contributed by atoms with Crippen molar-refractivity contribution in [2.45, 2.75) is 20.8 Å². The lowest BCUT2D eigenvalue weighted by atomic mass is 9.84. The van der Waals surface area contributed by atoms with Crippen LogP contribution < -0.4 is 0 Å². The highest BCUT2D eigenvalue weighted by Crippen LogP contribution is 2.26. The number of hydrogen-bond donors (Lipinski definition) is 0. The van der Waals surface area contributed by atoms with Crippen LogP contribution in [0.1, 0.15) is 20.8 Å². The van der Waals surface area contributed by atoms with E-state index in [4.69, 9.17) is 4.74 Å². The summed E-state index contributed by atoms with van der Waals surface area (Å²) in [5.41, 5.74) is 0. The number of carbonyl (C=O) groups is 1. The number of carbonyl (C=O) groups excluding carboxylic acids is 1. The number of esters is 1. The van der Waals surface area contributed by atoms with Gasteiger partial charge in [-0.15, -0.1) is 0 Å². The lowest BCUT2D eigenvalue weighted by molar-refractivity contribution is -0.158. The molecular weight excluding hydrogens is 128 g/mol. The number of rotatable bonds is 0. The first-order chi connectivity index (χ1) is 4.63. The van der Waals surface area contributed by atoms with Crippen molar-refractivity contribution in [1.29, 1.82) is 0 Å². The molecule has 2 nitrogen and oxygen atoms in total. The summed E-state index contributed by atoms with van der Waals surface area (Å²) in [5, 5.41) is 0. The topological polar surface area (TPSA) is 26.3 Å². The van der Waals surface area contributed by atoms with Gasteiger partial charge >= 0.3 is 5.97 Å². The summed E-state index contributed by atoms with van der Waals surface area (Å²) in [6.07, 6.45) is 0. The summed E-state index contributed by atoms with van der Waals surface area (Å²) in [6.45, 7) is 6.76. The van der Waals surface area contributed by atoms with E-state index in [0.29, 0.717) is 18.4 Å². The standard InChI is InChI=1S/C8H14O2/c1-5-4-10-8(9)7(3)6(5)2/h5-7H,4H2,1-3H3/t5-,6-,7+/m0/s1. The maximum Gasteiger partial charge on any atom is 0.308 e. The van der Waals surface area contributed by atoms with Crippen LogP contribution in [0, 0.1) is 17.8 Å². The van der Waals surface area contributed by atoms with E-state index in [1.54, 1.807) is 0 Å². The monoisotopic (exact) mass is 142 g/mol. The SMILES string of the molecule is C[C@H]1[C@@H](C)COC(=O)[C@@H]1C. The number of hydrogen-bond acceptors (Lipinski definition) is 2. The molecule has 0 aromatic heterocycles.